The van der Waals surface area contributed by atoms with Gasteiger partial charge in [-0.2, -0.15) is 13.8 Å². The van der Waals surface area contributed by atoms with Crippen molar-refractivity contribution in [2.75, 3.05) is 48.8 Å². The van der Waals surface area contributed by atoms with Crippen molar-refractivity contribution in [3.05, 3.63) is 82.3 Å². The van der Waals surface area contributed by atoms with Crippen molar-refractivity contribution >= 4 is 40.5 Å². The molecule has 2 aromatic heterocycles. The first-order valence-electron chi connectivity index (χ1n) is 13.7. The molecule has 4 aromatic rings. The maximum Gasteiger partial charge on any atom is 0.387 e. The molecule has 2 aromatic carbocycles. The Hall–Kier alpha value is -4.22. The van der Waals surface area contributed by atoms with Gasteiger partial charge in [0.05, 0.1) is 22.0 Å². The predicted molar refractivity (Wildman–Crippen MR) is 159 cm³/mol. The van der Waals surface area contributed by atoms with E-state index in [-0.39, 0.29) is 17.6 Å². The Morgan fingerprint density at radius 1 is 1.10 bits per heavy atom. The van der Waals surface area contributed by atoms with Gasteiger partial charge in [-0.1, -0.05) is 23.7 Å². The summed E-state index contributed by atoms with van der Waals surface area (Å²) >= 11 is 6.32. The number of halogens is 3. The molecule has 1 saturated heterocycles. The fourth-order valence-electron chi connectivity index (χ4n) is 5.38. The number of aryl methyl sites for hydroxylation is 2. The molecule has 2 aliphatic rings. The van der Waals surface area contributed by atoms with Gasteiger partial charge >= 0.3 is 6.61 Å². The number of alkyl halides is 2. The number of carbonyl (C=O) groups is 1. The molecule has 218 valence electrons. The maximum absolute atomic E-state index is 13.4. The molecule has 0 saturated carbocycles. The Labute approximate surface area is 247 Å². The molecule has 1 fully saturated rings. The van der Waals surface area contributed by atoms with Crippen molar-refractivity contribution in [3.8, 4) is 11.6 Å². The lowest BCUT2D eigenvalue weighted by atomic mass is 10.0. The molecule has 0 radical (unpaired) electrons. The Bertz CT molecular complexity index is 1620. The van der Waals surface area contributed by atoms with Crippen LogP contribution in [0.2, 0.25) is 5.02 Å². The standard InChI is InChI=1S/C30H30ClF2N7O2/c1-18-4-3-5-22(31)26(18)36-28(41)21-10-11-40-24(21)9-6-19-17-34-30(37-27(19)40)35-23-8-7-20(16-25(23)42-29(32)33)39-14-12-38(2)13-15-39/h3-5,7-8,10-11,16-17,29H,6,9,12-15H2,1-2H3,(H,36,41)(H,34,35,37). The minimum Gasteiger partial charge on any atom is -0.433 e. The zero-order chi connectivity index (χ0) is 29.4. The number of hydrogen-bond donors (Lipinski definition) is 2. The predicted octanol–water partition coefficient (Wildman–Crippen LogP) is 5.68. The number of carbonyl (C=O) groups excluding carboxylic acids is 1. The van der Waals surface area contributed by atoms with E-state index in [4.69, 9.17) is 21.3 Å². The van der Waals surface area contributed by atoms with Crippen LogP contribution in [0.5, 0.6) is 5.75 Å². The topological polar surface area (TPSA) is 87.6 Å². The number of fused-ring (bicyclic) bond motifs is 3. The molecule has 0 spiro atoms. The average molecular weight is 594 g/mol. The highest BCUT2D eigenvalue weighted by Gasteiger charge is 2.25. The molecule has 9 nitrogen and oxygen atoms in total. The summed E-state index contributed by atoms with van der Waals surface area (Å²) in [6.45, 7) is 2.26. The van der Waals surface area contributed by atoms with E-state index >= 15 is 0 Å². The summed E-state index contributed by atoms with van der Waals surface area (Å²) in [6, 6.07) is 12.4. The molecule has 2 aliphatic heterocycles. The Balaban J connectivity index is 1.26. The van der Waals surface area contributed by atoms with Crippen LogP contribution in [0, 0.1) is 6.92 Å². The quantitative estimate of drug-likeness (QED) is 0.285. The van der Waals surface area contributed by atoms with Gasteiger partial charge in [0.15, 0.2) is 5.75 Å². The van der Waals surface area contributed by atoms with Crippen LogP contribution in [0.1, 0.15) is 27.2 Å². The van der Waals surface area contributed by atoms with Crippen molar-refractivity contribution in [1.82, 2.24) is 19.4 Å². The molecule has 0 aliphatic carbocycles. The van der Waals surface area contributed by atoms with Gasteiger partial charge in [0, 0.05) is 61.6 Å². The molecule has 42 heavy (non-hydrogen) atoms. The second-order valence-corrected chi connectivity index (χ2v) is 10.9. The first kappa shape index (κ1) is 27.9. The number of rotatable bonds is 7. The lowest BCUT2D eigenvalue weighted by molar-refractivity contribution is -0.0493. The molecule has 1 amide bonds. The van der Waals surface area contributed by atoms with Gasteiger partial charge in [0.2, 0.25) is 5.95 Å². The van der Waals surface area contributed by atoms with Gasteiger partial charge in [0.1, 0.15) is 5.82 Å². The van der Waals surface area contributed by atoms with E-state index in [1.807, 2.05) is 29.7 Å². The third kappa shape index (κ3) is 5.62. The van der Waals surface area contributed by atoms with E-state index in [9.17, 15) is 13.6 Å². The van der Waals surface area contributed by atoms with E-state index in [2.05, 4.69) is 32.5 Å². The Morgan fingerprint density at radius 2 is 1.90 bits per heavy atom. The van der Waals surface area contributed by atoms with Crippen molar-refractivity contribution in [2.24, 2.45) is 0 Å². The van der Waals surface area contributed by atoms with Gasteiger partial charge < -0.3 is 29.7 Å². The van der Waals surface area contributed by atoms with Crippen LogP contribution in [-0.4, -0.2) is 65.2 Å². The highest BCUT2D eigenvalue weighted by atomic mass is 35.5. The van der Waals surface area contributed by atoms with E-state index in [0.29, 0.717) is 40.6 Å². The zero-order valence-electron chi connectivity index (χ0n) is 23.2. The normalized spacial score (nSPS) is 14.9. The van der Waals surface area contributed by atoms with Crippen molar-refractivity contribution < 1.29 is 18.3 Å². The Kier molecular flexibility index (Phi) is 7.70. The van der Waals surface area contributed by atoms with Crippen LogP contribution in [0.15, 0.2) is 54.9 Å². The number of piperazine rings is 1. The zero-order valence-corrected chi connectivity index (χ0v) is 24.0. The Morgan fingerprint density at radius 3 is 2.67 bits per heavy atom. The molecule has 6 rings (SSSR count). The minimum atomic E-state index is -2.99. The highest BCUT2D eigenvalue weighted by molar-refractivity contribution is 6.34. The van der Waals surface area contributed by atoms with Crippen LogP contribution in [0.25, 0.3) is 5.82 Å². The molecular weight excluding hydrogens is 564 g/mol. The molecule has 12 heteroatoms. The number of amides is 1. The first-order valence-corrected chi connectivity index (χ1v) is 14.1. The van der Waals surface area contributed by atoms with E-state index in [1.165, 1.54) is 0 Å². The lowest BCUT2D eigenvalue weighted by Gasteiger charge is -2.34. The van der Waals surface area contributed by atoms with Crippen LogP contribution < -0.4 is 20.3 Å². The second-order valence-electron chi connectivity index (χ2n) is 10.4. The first-order chi connectivity index (χ1) is 20.3. The molecule has 0 unspecified atom stereocenters. The summed E-state index contributed by atoms with van der Waals surface area (Å²) < 4.78 is 33.5. The van der Waals surface area contributed by atoms with E-state index < -0.39 is 6.61 Å². The fourth-order valence-corrected chi connectivity index (χ4v) is 5.65. The van der Waals surface area contributed by atoms with Crippen LogP contribution in [-0.2, 0) is 12.8 Å². The van der Waals surface area contributed by atoms with Crippen LogP contribution in [0.4, 0.5) is 31.8 Å². The number of hydrogen-bond acceptors (Lipinski definition) is 7. The summed E-state index contributed by atoms with van der Waals surface area (Å²) in [7, 11) is 2.06. The molecule has 0 atom stereocenters. The largest absolute Gasteiger partial charge is 0.433 e. The average Bonchev–Trinajstić information content (AvgIpc) is 3.41. The number of para-hydroxylation sites is 1. The smallest absolute Gasteiger partial charge is 0.387 e. The molecular formula is C30H30ClF2N7O2. The number of anilines is 4. The third-order valence-corrected chi connectivity index (χ3v) is 8.01. The molecule has 0 bridgehead atoms. The van der Waals surface area contributed by atoms with Gasteiger partial charge in [0.25, 0.3) is 5.91 Å². The second kappa shape index (κ2) is 11.6. The van der Waals surface area contributed by atoms with Gasteiger partial charge in [-0.25, -0.2) is 4.98 Å². The molecule has 2 N–H and O–H groups in total. The van der Waals surface area contributed by atoms with Crippen molar-refractivity contribution in [1.29, 1.82) is 0 Å². The number of nitrogens with one attached hydrogen (secondary N) is 2. The number of likely N-dealkylation sites (N-methyl/N-ethyl adjacent to an activating group) is 1. The number of benzene rings is 2. The monoisotopic (exact) mass is 593 g/mol. The minimum absolute atomic E-state index is 0.0122. The lowest BCUT2D eigenvalue weighted by Crippen LogP contribution is -2.44. The highest BCUT2D eigenvalue weighted by Crippen LogP contribution is 2.34. The fraction of sp³-hybridized carbons (Fsp3) is 0.300. The van der Waals surface area contributed by atoms with Crippen LogP contribution >= 0.6 is 11.6 Å². The SMILES string of the molecule is Cc1cccc(Cl)c1NC(=O)c1ccn2c1CCc1cnc(Nc3ccc(N4CCN(C)CC4)cc3OC(F)F)nc1-2. The summed E-state index contributed by atoms with van der Waals surface area (Å²) in [4.78, 5) is 26.7. The van der Waals surface area contributed by atoms with Crippen molar-refractivity contribution in [2.45, 2.75) is 26.4 Å². The van der Waals surface area contributed by atoms with Gasteiger partial charge in [-0.15, -0.1) is 0 Å². The number of aromatic nitrogens is 3. The molecule has 4 heterocycles. The summed E-state index contributed by atoms with van der Waals surface area (Å²) in [5, 5.41) is 6.47. The van der Waals surface area contributed by atoms with E-state index in [0.717, 1.165) is 48.7 Å². The van der Waals surface area contributed by atoms with Gasteiger partial charge in [-0.3, -0.25) is 4.79 Å². The third-order valence-electron chi connectivity index (χ3n) is 7.69. The number of nitrogens with zero attached hydrogens (tertiary/aromatic N) is 5. The summed E-state index contributed by atoms with van der Waals surface area (Å²) in [5.41, 5.74) is 4.83. The van der Waals surface area contributed by atoms with E-state index in [1.54, 1.807) is 36.7 Å². The van der Waals surface area contributed by atoms with Crippen LogP contribution in [0.3, 0.4) is 0 Å². The van der Waals surface area contributed by atoms with Crippen molar-refractivity contribution in [3.63, 3.8) is 0 Å². The van der Waals surface area contributed by atoms with Gasteiger partial charge in [-0.05, 0) is 56.6 Å². The number of ether oxygens (including phenoxy) is 1. The summed E-state index contributed by atoms with van der Waals surface area (Å²) in [5.74, 6) is 0.592. The summed E-state index contributed by atoms with van der Waals surface area (Å²) in [6.07, 6.45) is 4.78. The maximum atomic E-state index is 13.4.